The number of amidine groups is 1. The average molecular weight is 408 g/mol. The van der Waals surface area contributed by atoms with Gasteiger partial charge in [-0.1, -0.05) is 48.7 Å². The van der Waals surface area contributed by atoms with Crippen LogP contribution in [-0.4, -0.2) is 33.1 Å². The summed E-state index contributed by atoms with van der Waals surface area (Å²) in [7, 11) is 0. The summed E-state index contributed by atoms with van der Waals surface area (Å²) in [6.45, 7) is 5.28. The molecule has 0 spiro atoms. The zero-order valence-electron chi connectivity index (χ0n) is 15.8. The minimum absolute atomic E-state index is 0.00532. The molecule has 7 nitrogen and oxygen atoms in total. The minimum atomic E-state index is -0.572. The maximum Gasteiger partial charge on any atom is 0.240 e. The van der Waals surface area contributed by atoms with Gasteiger partial charge in [0.1, 0.15) is 11.0 Å². The number of anilines is 1. The van der Waals surface area contributed by atoms with E-state index in [0.717, 1.165) is 11.3 Å². The topological polar surface area (TPSA) is 103 Å². The number of benzene rings is 2. The molecular formula is C21H20N4O3S. The van der Waals surface area contributed by atoms with Gasteiger partial charge in [-0.3, -0.25) is 9.59 Å². The van der Waals surface area contributed by atoms with Crippen molar-refractivity contribution in [1.29, 1.82) is 0 Å². The summed E-state index contributed by atoms with van der Waals surface area (Å²) < 4.78 is 0. The van der Waals surface area contributed by atoms with Crippen molar-refractivity contribution in [2.75, 3.05) is 5.32 Å². The van der Waals surface area contributed by atoms with Crippen LogP contribution in [0.1, 0.15) is 24.5 Å². The first-order valence-corrected chi connectivity index (χ1v) is 9.73. The van der Waals surface area contributed by atoms with Crippen molar-refractivity contribution >= 4 is 45.9 Å². The van der Waals surface area contributed by atoms with Crippen molar-refractivity contribution in [2.24, 2.45) is 10.2 Å². The van der Waals surface area contributed by atoms with E-state index in [1.807, 2.05) is 37.3 Å². The standard InChI is InChI=1S/C21H20N4O3S/c1-13(15-6-4-3-5-7-15)24-25-21-23-20(28)18(29-21)12-19(27)22-17-10-8-16(9-11-17)14(2)26/h3-11,18,26H,2,12H2,1H3,(H,22,27)(H,23,25,28)/b24-13+. The van der Waals surface area contributed by atoms with E-state index in [0.29, 0.717) is 16.4 Å². The smallest absolute Gasteiger partial charge is 0.240 e. The fourth-order valence-electron chi connectivity index (χ4n) is 2.57. The molecule has 1 saturated heterocycles. The van der Waals surface area contributed by atoms with Gasteiger partial charge in [0.15, 0.2) is 5.17 Å². The highest BCUT2D eigenvalue weighted by Gasteiger charge is 2.32. The highest BCUT2D eigenvalue weighted by Crippen LogP contribution is 2.23. The van der Waals surface area contributed by atoms with Gasteiger partial charge >= 0.3 is 0 Å². The van der Waals surface area contributed by atoms with Gasteiger partial charge in [-0.05, 0) is 36.8 Å². The first-order valence-electron chi connectivity index (χ1n) is 8.85. The van der Waals surface area contributed by atoms with Gasteiger partial charge in [-0.15, -0.1) is 5.10 Å². The molecule has 1 fully saturated rings. The van der Waals surface area contributed by atoms with Crippen LogP contribution in [0.4, 0.5) is 5.69 Å². The minimum Gasteiger partial charge on any atom is -0.508 e. The predicted molar refractivity (Wildman–Crippen MR) is 117 cm³/mol. The Labute approximate surface area is 172 Å². The first kappa shape index (κ1) is 20.3. The van der Waals surface area contributed by atoms with E-state index < -0.39 is 5.25 Å². The molecule has 3 N–H and O–H groups in total. The summed E-state index contributed by atoms with van der Waals surface area (Å²) in [4.78, 5) is 24.4. The highest BCUT2D eigenvalue weighted by atomic mass is 32.2. The SMILES string of the molecule is C=C(O)c1ccc(NC(=O)CC2S/C(=N\N=C(/C)c3ccccc3)NC2=O)cc1. The normalized spacial score (nSPS) is 17.8. The van der Waals surface area contributed by atoms with Crippen LogP contribution in [0.25, 0.3) is 5.76 Å². The third kappa shape index (κ3) is 5.55. The highest BCUT2D eigenvalue weighted by molar-refractivity contribution is 8.15. The molecule has 8 heteroatoms. The lowest BCUT2D eigenvalue weighted by Gasteiger charge is -2.08. The summed E-state index contributed by atoms with van der Waals surface area (Å²) in [5.74, 6) is -0.610. The number of carbonyl (C=O) groups is 2. The first-order chi connectivity index (χ1) is 13.9. The Morgan fingerprint density at radius 3 is 2.52 bits per heavy atom. The van der Waals surface area contributed by atoms with Crippen LogP contribution in [0.15, 0.2) is 71.4 Å². The summed E-state index contributed by atoms with van der Waals surface area (Å²) in [6, 6.07) is 16.2. The lowest BCUT2D eigenvalue weighted by molar-refractivity contribution is -0.122. The van der Waals surface area contributed by atoms with Crippen molar-refractivity contribution in [2.45, 2.75) is 18.6 Å². The zero-order valence-corrected chi connectivity index (χ0v) is 16.6. The fraction of sp³-hybridized carbons (Fsp3) is 0.143. The van der Waals surface area contributed by atoms with E-state index in [9.17, 15) is 14.7 Å². The van der Waals surface area contributed by atoms with E-state index >= 15 is 0 Å². The molecule has 1 aliphatic rings. The van der Waals surface area contributed by atoms with Gasteiger partial charge in [0.25, 0.3) is 0 Å². The second-order valence-corrected chi connectivity index (χ2v) is 7.52. The van der Waals surface area contributed by atoms with Crippen LogP contribution in [0, 0.1) is 0 Å². The number of aliphatic hydroxyl groups is 1. The van der Waals surface area contributed by atoms with E-state index in [-0.39, 0.29) is 24.0 Å². The number of amides is 2. The number of thioether (sulfide) groups is 1. The number of carbonyl (C=O) groups excluding carboxylic acids is 2. The average Bonchev–Trinajstić information content (AvgIpc) is 3.06. The largest absolute Gasteiger partial charge is 0.508 e. The van der Waals surface area contributed by atoms with Gasteiger partial charge in [0.2, 0.25) is 11.8 Å². The lowest BCUT2D eigenvalue weighted by Crippen LogP contribution is -2.28. The van der Waals surface area contributed by atoms with Gasteiger partial charge in [0.05, 0.1) is 5.71 Å². The predicted octanol–water partition coefficient (Wildman–Crippen LogP) is 3.56. The van der Waals surface area contributed by atoms with Gasteiger partial charge in [-0.25, -0.2) is 0 Å². The van der Waals surface area contributed by atoms with Crippen molar-refractivity contribution in [3.63, 3.8) is 0 Å². The summed E-state index contributed by atoms with van der Waals surface area (Å²) in [5.41, 5.74) is 2.81. The van der Waals surface area contributed by atoms with Crippen LogP contribution in [0.3, 0.4) is 0 Å². The van der Waals surface area contributed by atoms with Gasteiger partial charge in [-0.2, -0.15) is 5.10 Å². The molecule has 1 atom stereocenters. The summed E-state index contributed by atoms with van der Waals surface area (Å²) in [6.07, 6.45) is 0.00532. The molecule has 0 bridgehead atoms. The van der Waals surface area contributed by atoms with Gasteiger partial charge in [0, 0.05) is 17.7 Å². The molecule has 2 aromatic rings. The number of nitrogens with one attached hydrogen (secondary N) is 2. The van der Waals surface area contributed by atoms with Crippen LogP contribution in [-0.2, 0) is 9.59 Å². The van der Waals surface area contributed by atoms with Crippen LogP contribution < -0.4 is 10.6 Å². The Kier molecular flexibility index (Phi) is 6.46. The van der Waals surface area contributed by atoms with Crippen LogP contribution in [0.5, 0.6) is 0 Å². The molecule has 1 heterocycles. The second-order valence-electron chi connectivity index (χ2n) is 6.33. The van der Waals surface area contributed by atoms with E-state index in [2.05, 4.69) is 27.4 Å². The molecular weight excluding hydrogens is 388 g/mol. The molecule has 1 aliphatic heterocycles. The molecule has 0 aliphatic carbocycles. The molecule has 29 heavy (non-hydrogen) atoms. The monoisotopic (exact) mass is 408 g/mol. The lowest BCUT2D eigenvalue weighted by atomic mass is 10.1. The molecule has 0 radical (unpaired) electrons. The van der Waals surface area contributed by atoms with Crippen molar-refractivity contribution in [1.82, 2.24) is 5.32 Å². The molecule has 0 saturated carbocycles. The summed E-state index contributed by atoms with van der Waals surface area (Å²) >= 11 is 1.18. The Bertz CT molecular complexity index is 985. The zero-order chi connectivity index (χ0) is 20.8. The van der Waals surface area contributed by atoms with E-state index in [4.69, 9.17) is 0 Å². The summed E-state index contributed by atoms with van der Waals surface area (Å²) in [5, 5.41) is 22.8. The molecule has 2 aromatic carbocycles. The number of aliphatic hydroxyl groups excluding tert-OH is 1. The Morgan fingerprint density at radius 1 is 1.17 bits per heavy atom. The van der Waals surface area contributed by atoms with Crippen molar-refractivity contribution in [3.05, 3.63) is 72.3 Å². The molecule has 0 aromatic heterocycles. The van der Waals surface area contributed by atoms with Crippen LogP contribution >= 0.6 is 11.8 Å². The third-order valence-electron chi connectivity index (χ3n) is 4.13. The second kappa shape index (κ2) is 9.20. The Balaban J connectivity index is 1.57. The Morgan fingerprint density at radius 2 is 1.86 bits per heavy atom. The number of nitrogens with zero attached hydrogens (tertiary/aromatic N) is 2. The third-order valence-corrected chi connectivity index (χ3v) is 5.20. The molecule has 2 amide bonds. The quantitative estimate of drug-likeness (QED) is 0.386. The van der Waals surface area contributed by atoms with Crippen molar-refractivity contribution in [3.8, 4) is 0 Å². The molecule has 148 valence electrons. The van der Waals surface area contributed by atoms with Crippen molar-refractivity contribution < 1.29 is 14.7 Å². The number of rotatable bonds is 6. The maximum atomic E-state index is 12.3. The number of hydrogen-bond acceptors (Lipinski definition) is 6. The van der Waals surface area contributed by atoms with Crippen LogP contribution in [0.2, 0.25) is 0 Å². The van der Waals surface area contributed by atoms with E-state index in [1.165, 1.54) is 11.8 Å². The molecule has 1 unspecified atom stereocenters. The van der Waals surface area contributed by atoms with Gasteiger partial charge < -0.3 is 15.7 Å². The Hall–Kier alpha value is -3.39. The number of hydrogen-bond donors (Lipinski definition) is 3. The molecule has 3 rings (SSSR count). The maximum absolute atomic E-state index is 12.3. The fourth-order valence-corrected chi connectivity index (χ4v) is 3.49. The van der Waals surface area contributed by atoms with E-state index in [1.54, 1.807) is 24.3 Å².